The molecule has 0 heterocycles. The minimum Gasteiger partial charge on any atom is -0.313 e. The van der Waals surface area contributed by atoms with Gasteiger partial charge in [0.2, 0.25) is 0 Å². The molecule has 32 heavy (non-hydrogen) atoms. The van der Waals surface area contributed by atoms with Gasteiger partial charge in [-0.1, -0.05) is 42.3 Å². The molecule has 0 radical (unpaired) electrons. The summed E-state index contributed by atoms with van der Waals surface area (Å²) in [4.78, 5) is 8.80. The van der Waals surface area contributed by atoms with Crippen molar-refractivity contribution >= 4 is 20.0 Å². The lowest BCUT2D eigenvalue weighted by Gasteiger charge is -2.14. The second kappa shape index (κ2) is 14.0. The van der Waals surface area contributed by atoms with Gasteiger partial charge in [0, 0.05) is 16.0 Å². The summed E-state index contributed by atoms with van der Waals surface area (Å²) in [5.74, 6) is 0.654. The van der Waals surface area contributed by atoms with Crippen LogP contribution in [0.2, 0.25) is 0 Å². The van der Waals surface area contributed by atoms with E-state index in [0.717, 1.165) is 25.7 Å². The number of aryl methyl sites for hydroxylation is 2. The molecule has 2 aromatic carbocycles. The zero-order valence-electron chi connectivity index (χ0n) is 18.2. The average molecular weight is 489 g/mol. The molecule has 0 amide bonds. The molecule has 2 N–H and O–H groups in total. The molecule has 1 atom stereocenters. The van der Waals surface area contributed by atoms with Gasteiger partial charge in [0.25, 0.3) is 0 Å². The van der Waals surface area contributed by atoms with Crippen LogP contribution in [-0.4, -0.2) is 23.8 Å². The monoisotopic (exact) mass is 488 g/mol. The topological polar surface area (TPSA) is 58.6 Å². The number of benzene rings is 2. The first-order valence-corrected chi connectivity index (χ1v) is 12.8. The Balaban J connectivity index is 1.76. The van der Waals surface area contributed by atoms with Crippen LogP contribution in [0, 0.1) is 6.92 Å². The Kier molecular flexibility index (Phi) is 11.7. The Morgan fingerprint density at radius 1 is 1.03 bits per heavy atom. The summed E-state index contributed by atoms with van der Waals surface area (Å²) in [6.07, 6.45) is -0.0299. The molecule has 0 fully saturated rings. The van der Waals surface area contributed by atoms with E-state index in [1.807, 2.05) is 0 Å². The Morgan fingerprint density at radius 2 is 1.75 bits per heavy atom. The molecule has 0 aromatic heterocycles. The summed E-state index contributed by atoms with van der Waals surface area (Å²) < 4.78 is 55.6. The molecule has 0 saturated heterocycles. The minimum absolute atomic E-state index is 0.118. The summed E-state index contributed by atoms with van der Waals surface area (Å²) in [5, 5.41) is 3.03. The van der Waals surface area contributed by atoms with Crippen molar-refractivity contribution < 1.29 is 27.2 Å². The van der Waals surface area contributed by atoms with E-state index in [0.29, 0.717) is 24.3 Å². The summed E-state index contributed by atoms with van der Waals surface area (Å²) in [7, 11) is -2.61. The summed E-state index contributed by atoms with van der Waals surface area (Å²) in [5.41, 5.74) is 2.48. The number of alkyl halides is 3. The van der Waals surface area contributed by atoms with Crippen LogP contribution < -0.4 is 5.32 Å². The van der Waals surface area contributed by atoms with Crippen molar-refractivity contribution in [1.82, 2.24) is 5.32 Å². The van der Waals surface area contributed by atoms with Crippen LogP contribution in [0.25, 0.3) is 0 Å². The smallest absolute Gasteiger partial charge is 0.313 e. The van der Waals surface area contributed by atoms with Crippen LogP contribution in [0.1, 0.15) is 47.9 Å². The van der Waals surface area contributed by atoms with Gasteiger partial charge in [-0.05, 0) is 68.2 Å². The van der Waals surface area contributed by atoms with Crippen molar-refractivity contribution in [2.45, 2.75) is 56.6 Å². The number of halogens is 3. The average Bonchev–Trinajstić information content (AvgIpc) is 2.74. The summed E-state index contributed by atoms with van der Waals surface area (Å²) in [6, 6.07) is 12.9. The first kappa shape index (κ1) is 26.8. The number of hydrogen-bond donors (Lipinski definition) is 2. The van der Waals surface area contributed by atoms with Crippen LogP contribution >= 0.6 is 20.0 Å². The highest BCUT2D eigenvalue weighted by atomic mass is 32.2. The van der Waals surface area contributed by atoms with E-state index in [2.05, 4.69) is 41.0 Å². The molecule has 1 unspecified atom stereocenters. The first-order valence-electron chi connectivity index (χ1n) is 10.6. The second-order valence-corrected chi connectivity index (χ2v) is 9.44. The van der Waals surface area contributed by atoms with E-state index in [9.17, 15) is 17.7 Å². The molecule has 0 aliphatic heterocycles. The normalized spacial score (nSPS) is 12.2. The molecular formula is C23H30F3NO3PS+. The number of thioether (sulfide) groups is 1. The quantitative estimate of drug-likeness (QED) is 0.177. The summed E-state index contributed by atoms with van der Waals surface area (Å²) >= 11 is 1.26. The van der Waals surface area contributed by atoms with Gasteiger partial charge in [-0.2, -0.15) is 13.2 Å². The fraction of sp³-hybridized carbons (Fsp3) is 0.478. The van der Waals surface area contributed by atoms with E-state index in [1.165, 1.54) is 29.0 Å². The van der Waals surface area contributed by atoms with Crippen molar-refractivity contribution in [2.24, 2.45) is 0 Å². The van der Waals surface area contributed by atoms with Crippen LogP contribution in [0.4, 0.5) is 13.2 Å². The Hall–Kier alpha value is -1.44. The standard InChI is InChI=1S/C23H29F3NO3PS/c1-18-7-9-19(10-8-18)6-3-2-4-15-32-22-12-11-20(16-21(22)23(24,25)26)17-27-13-5-14-30-31(28)29/h7-12,16,27H,2-6,13-15,17H2,1H3/p+1. The molecule has 176 valence electrons. The third kappa shape index (κ3) is 10.5. The highest BCUT2D eigenvalue weighted by Crippen LogP contribution is 2.37. The highest BCUT2D eigenvalue weighted by molar-refractivity contribution is 7.99. The third-order valence-electron chi connectivity index (χ3n) is 4.87. The zero-order valence-corrected chi connectivity index (χ0v) is 19.9. The predicted molar refractivity (Wildman–Crippen MR) is 123 cm³/mol. The zero-order chi connectivity index (χ0) is 23.4. The molecule has 0 aliphatic carbocycles. The maximum absolute atomic E-state index is 13.5. The molecule has 2 rings (SSSR count). The molecule has 9 heteroatoms. The number of nitrogens with one attached hydrogen (secondary N) is 1. The van der Waals surface area contributed by atoms with Crippen molar-refractivity contribution in [3.8, 4) is 0 Å². The largest absolute Gasteiger partial charge is 0.694 e. The van der Waals surface area contributed by atoms with Crippen molar-refractivity contribution in [3.05, 3.63) is 64.7 Å². The van der Waals surface area contributed by atoms with Gasteiger partial charge in [0.15, 0.2) is 0 Å². The molecular weight excluding hydrogens is 458 g/mol. The van der Waals surface area contributed by atoms with E-state index >= 15 is 0 Å². The van der Waals surface area contributed by atoms with Gasteiger partial charge >= 0.3 is 14.4 Å². The van der Waals surface area contributed by atoms with Gasteiger partial charge < -0.3 is 5.32 Å². The fourth-order valence-corrected chi connectivity index (χ4v) is 4.50. The molecule has 0 spiro atoms. The first-order chi connectivity index (χ1) is 15.3. The van der Waals surface area contributed by atoms with Gasteiger partial charge in [0.1, 0.15) is 6.61 Å². The minimum atomic E-state index is -4.40. The lowest BCUT2D eigenvalue weighted by atomic mass is 10.1. The van der Waals surface area contributed by atoms with E-state index in [4.69, 9.17) is 4.89 Å². The van der Waals surface area contributed by atoms with Crippen LogP contribution in [0.15, 0.2) is 47.4 Å². The number of unbranched alkanes of at least 4 members (excludes halogenated alkanes) is 2. The van der Waals surface area contributed by atoms with E-state index in [-0.39, 0.29) is 18.0 Å². The third-order valence-corrected chi connectivity index (χ3v) is 6.43. The van der Waals surface area contributed by atoms with Crippen LogP contribution in [0.3, 0.4) is 0 Å². The maximum atomic E-state index is 13.5. The molecule has 0 saturated carbocycles. The Labute approximate surface area is 192 Å². The van der Waals surface area contributed by atoms with Gasteiger partial charge in [-0.25, -0.2) is 0 Å². The van der Waals surface area contributed by atoms with Crippen LogP contribution in [0.5, 0.6) is 0 Å². The maximum Gasteiger partial charge on any atom is 0.694 e. The lowest BCUT2D eigenvalue weighted by molar-refractivity contribution is -0.139. The van der Waals surface area contributed by atoms with Gasteiger partial charge in [-0.3, -0.25) is 0 Å². The van der Waals surface area contributed by atoms with E-state index in [1.54, 1.807) is 12.1 Å². The Morgan fingerprint density at radius 3 is 2.44 bits per heavy atom. The van der Waals surface area contributed by atoms with Crippen LogP contribution in [-0.2, 0) is 28.2 Å². The summed E-state index contributed by atoms with van der Waals surface area (Å²) in [6.45, 7) is 2.94. The predicted octanol–water partition coefficient (Wildman–Crippen LogP) is 6.66. The van der Waals surface area contributed by atoms with E-state index < -0.39 is 20.0 Å². The SMILES string of the molecule is Cc1ccc(CCCCCSc2ccc(CNCCCO[P+](=O)O)cc2C(F)(F)F)cc1. The number of rotatable bonds is 14. The van der Waals surface area contributed by atoms with Crippen molar-refractivity contribution in [2.75, 3.05) is 18.9 Å². The lowest BCUT2D eigenvalue weighted by Crippen LogP contribution is -2.17. The van der Waals surface area contributed by atoms with Gasteiger partial charge in [-0.15, -0.1) is 21.2 Å². The Bertz CT molecular complexity index is 847. The van der Waals surface area contributed by atoms with Crippen molar-refractivity contribution in [3.63, 3.8) is 0 Å². The number of hydrogen-bond acceptors (Lipinski definition) is 4. The fourth-order valence-electron chi connectivity index (χ4n) is 3.15. The highest BCUT2D eigenvalue weighted by Gasteiger charge is 2.33. The molecule has 4 nitrogen and oxygen atoms in total. The molecule has 0 aliphatic rings. The van der Waals surface area contributed by atoms with Gasteiger partial charge in [0.05, 0.1) is 5.56 Å². The second-order valence-electron chi connectivity index (χ2n) is 7.57. The molecule has 0 bridgehead atoms. The molecule has 2 aromatic rings. The van der Waals surface area contributed by atoms with Crippen molar-refractivity contribution in [1.29, 1.82) is 0 Å².